The number of aromatic hydroxyl groups is 1. The van der Waals surface area contributed by atoms with Gasteiger partial charge in [-0.05, 0) is 69.4 Å². The highest BCUT2D eigenvalue weighted by Gasteiger charge is 2.50. The van der Waals surface area contributed by atoms with Crippen molar-refractivity contribution in [2.75, 3.05) is 0 Å². The molecule has 152 valence electrons. The van der Waals surface area contributed by atoms with Gasteiger partial charge in [0.15, 0.2) is 0 Å². The van der Waals surface area contributed by atoms with Gasteiger partial charge in [-0.1, -0.05) is 29.6 Å². The Labute approximate surface area is 175 Å². The summed E-state index contributed by atoms with van der Waals surface area (Å²) in [6, 6.07) is 2.85. The van der Waals surface area contributed by atoms with Crippen molar-refractivity contribution in [2.45, 2.75) is 75.3 Å². The molecule has 0 spiro atoms. The number of carbonyl (C=O) groups is 2. The third kappa shape index (κ3) is 3.84. The van der Waals surface area contributed by atoms with Crippen LogP contribution < -0.4 is 10.6 Å². The molecule has 2 amide bonds. The number of rotatable bonds is 5. The van der Waals surface area contributed by atoms with Gasteiger partial charge in [-0.2, -0.15) is 0 Å². The number of benzene rings is 1. The van der Waals surface area contributed by atoms with Crippen molar-refractivity contribution in [3.8, 4) is 5.75 Å². The first-order chi connectivity index (χ1) is 13.3. The molecular formula is C21H26Cl2N2O3. The summed E-state index contributed by atoms with van der Waals surface area (Å²) in [6.45, 7) is 0. The minimum Gasteiger partial charge on any atom is -0.506 e. The number of hydrogen-bond acceptors (Lipinski definition) is 3. The van der Waals surface area contributed by atoms with Crippen molar-refractivity contribution in [3.05, 3.63) is 27.7 Å². The number of phenolic OH excluding ortho intramolecular Hbond substituents is 1. The molecule has 28 heavy (non-hydrogen) atoms. The zero-order valence-electron chi connectivity index (χ0n) is 15.8. The van der Waals surface area contributed by atoms with Gasteiger partial charge in [-0.3, -0.25) is 9.59 Å². The highest BCUT2D eigenvalue weighted by atomic mass is 35.5. The second-order valence-corrected chi connectivity index (χ2v) is 9.69. The SMILES string of the molecule is O=C(CC1CCC1)NC12CCC(NC(=O)c3cc(Cl)cc(Cl)c3O)(CC1)CC2. The van der Waals surface area contributed by atoms with E-state index in [4.69, 9.17) is 23.2 Å². The summed E-state index contributed by atoms with van der Waals surface area (Å²) in [5.74, 6) is 0.148. The lowest BCUT2D eigenvalue weighted by atomic mass is 9.61. The Bertz CT molecular complexity index is 783. The summed E-state index contributed by atoms with van der Waals surface area (Å²) in [4.78, 5) is 25.2. The molecule has 3 N–H and O–H groups in total. The normalized spacial score (nSPS) is 29.2. The molecule has 0 radical (unpaired) electrons. The Morgan fingerprint density at radius 1 is 1.00 bits per heavy atom. The smallest absolute Gasteiger partial charge is 0.255 e. The molecule has 4 aliphatic rings. The number of amides is 2. The fraction of sp³-hybridized carbons (Fsp3) is 0.619. The number of phenols is 1. The van der Waals surface area contributed by atoms with E-state index in [9.17, 15) is 14.7 Å². The van der Waals surface area contributed by atoms with E-state index < -0.39 is 0 Å². The monoisotopic (exact) mass is 424 g/mol. The van der Waals surface area contributed by atoms with Crippen LogP contribution in [-0.4, -0.2) is 28.0 Å². The largest absolute Gasteiger partial charge is 0.506 e. The molecule has 1 aromatic rings. The molecule has 0 aliphatic heterocycles. The van der Waals surface area contributed by atoms with Gasteiger partial charge in [0.25, 0.3) is 5.91 Å². The van der Waals surface area contributed by atoms with Gasteiger partial charge >= 0.3 is 0 Å². The fourth-order valence-electron chi connectivity index (χ4n) is 4.91. The van der Waals surface area contributed by atoms with Gasteiger partial charge in [0, 0.05) is 22.5 Å². The highest BCUT2D eigenvalue weighted by molar-refractivity contribution is 6.36. The summed E-state index contributed by atoms with van der Waals surface area (Å²) in [6.07, 6.45) is 9.30. The van der Waals surface area contributed by atoms with Crippen molar-refractivity contribution >= 4 is 35.0 Å². The molecule has 5 nitrogen and oxygen atoms in total. The van der Waals surface area contributed by atoms with Crippen LogP contribution in [0.3, 0.4) is 0 Å². The third-order valence-corrected chi connectivity index (χ3v) is 7.51. The van der Waals surface area contributed by atoms with Crippen molar-refractivity contribution in [1.82, 2.24) is 10.6 Å². The zero-order valence-corrected chi connectivity index (χ0v) is 17.3. The Hall–Kier alpha value is -1.46. The van der Waals surface area contributed by atoms with Gasteiger partial charge in [-0.25, -0.2) is 0 Å². The summed E-state index contributed by atoms with van der Waals surface area (Å²) < 4.78 is 0. The highest BCUT2D eigenvalue weighted by Crippen LogP contribution is 2.47. The predicted molar refractivity (Wildman–Crippen MR) is 109 cm³/mol. The molecule has 1 aromatic carbocycles. The quantitative estimate of drug-likeness (QED) is 0.646. The maximum absolute atomic E-state index is 12.8. The molecule has 4 fully saturated rings. The molecule has 0 aromatic heterocycles. The standard InChI is InChI=1S/C21H26Cl2N2O3/c22-14-11-15(18(27)16(23)12-14)19(28)25-21-7-4-20(5-8-21,6-9-21)24-17(26)10-13-2-1-3-13/h11-13,27H,1-10H2,(H,24,26)(H,25,28). The number of nitrogens with one attached hydrogen (secondary N) is 2. The molecule has 4 saturated carbocycles. The lowest BCUT2D eigenvalue weighted by Gasteiger charge is -2.54. The first-order valence-corrected chi connectivity index (χ1v) is 10.9. The van der Waals surface area contributed by atoms with Crippen molar-refractivity contribution < 1.29 is 14.7 Å². The van der Waals surface area contributed by atoms with E-state index >= 15 is 0 Å². The maximum Gasteiger partial charge on any atom is 0.255 e. The Morgan fingerprint density at radius 3 is 2.11 bits per heavy atom. The lowest BCUT2D eigenvalue weighted by Crippen LogP contribution is -2.63. The third-order valence-electron chi connectivity index (χ3n) is 7.00. The molecule has 7 heteroatoms. The fourth-order valence-corrected chi connectivity index (χ4v) is 5.41. The van der Waals surface area contributed by atoms with Crippen LogP contribution in [0.1, 0.15) is 74.6 Å². The second kappa shape index (κ2) is 7.42. The first-order valence-electron chi connectivity index (χ1n) is 10.1. The zero-order chi connectivity index (χ0) is 19.9. The van der Waals surface area contributed by atoms with E-state index in [1.54, 1.807) is 0 Å². The summed E-state index contributed by atoms with van der Waals surface area (Å²) >= 11 is 11.9. The molecule has 0 saturated heterocycles. The Balaban J connectivity index is 1.38. The molecular weight excluding hydrogens is 399 g/mol. The summed E-state index contributed by atoms with van der Waals surface area (Å²) in [7, 11) is 0. The van der Waals surface area contributed by atoms with Crippen LogP contribution in [0.5, 0.6) is 5.75 Å². The average Bonchev–Trinajstić information content (AvgIpc) is 2.62. The van der Waals surface area contributed by atoms with E-state index in [1.807, 2.05) is 0 Å². The summed E-state index contributed by atoms with van der Waals surface area (Å²) in [5.41, 5.74) is -0.309. The Kier molecular flexibility index (Phi) is 5.25. The van der Waals surface area contributed by atoms with Crippen LogP contribution in [-0.2, 0) is 4.79 Å². The van der Waals surface area contributed by atoms with Crippen LogP contribution in [0.2, 0.25) is 10.0 Å². The van der Waals surface area contributed by atoms with Gasteiger partial charge in [0.1, 0.15) is 5.75 Å². The van der Waals surface area contributed by atoms with Crippen molar-refractivity contribution in [1.29, 1.82) is 0 Å². The van der Waals surface area contributed by atoms with Gasteiger partial charge in [0.2, 0.25) is 5.91 Å². The molecule has 0 unspecified atom stereocenters. The number of hydrogen-bond donors (Lipinski definition) is 3. The maximum atomic E-state index is 12.8. The molecule has 5 rings (SSSR count). The number of carbonyl (C=O) groups excluding carboxylic acids is 2. The minimum atomic E-state index is -0.356. The second-order valence-electron chi connectivity index (χ2n) is 8.85. The van der Waals surface area contributed by atoms with Crippen LogP contribution in [0.15, 0.2) is 12.1 Å². The number of fused-ring (bicyclic) bond motifs is 3. The summed E-state index contributed by atoms with van der Waals surface area (Å²) in [5, 5.41) is 16.9. The van der Waals surface area contributed by atoms with Crippen LogP contribution in [0, 0.1) is 5.92 Å². The average molecular weight is 425 g/mol. The topological polar surface area (TPSA) is 78.4 Å². The number of halogens is 2. The molecule has 4 aliphatic carbocycles. The van der Waals surface area contributed by atoms with Crippen LogP contribution in [0.25, 0.3) is 0 Å². The van der Waals surface area contributed by atoms with Crippen molar-refractivity contribution in [2.24, 2.45) is 5.92 Å². The Morgan fingerprint density at radius 2 is 1.57 bits per heavy atom. The van der Waals surface area contributed by atoms with E-state index in [2.05, 4.69) is 10.6 Å². The van der Waals surface area contributed by atoms with Gasteiger partial charge in [-0.15, -0.1) is 0 Å². The lowest BCUT2D eigenvalue weighted by molar-refractivity contribution is -0.126. The molecule has 0 heterocycles. The molecule has 0 atom stereocenters. The predicted octanol–water partition coefficient (Wildman–Crippen LogP) is 4.58. The van der Waals surface area contributed by atoms with E-state index in [0.717, 1.165) is 38.5 Å². The van der Waals surface area contributed by atoms with Crippen LogP contribution >= 0.6 is 23.2 Å². The van der Waals surface area contributed by atoms with E-state index in [-0.39, 0.29) is 39.2 Å². The van der Waals surface area contributed by atoms with Gasteiger partial charge < -0.3 is 15.7 Å². The van der Waals surface area contributed by atoms with Gasteiger partial charge in [0.05, 0.1) is 10.6 Å². The first kappa shape index (κ1) is 19.8. The molecule has 2 bridgehead atoms. The van der Waals surface area contributed by atoms with E-state index in [1.165, 1.54) is 31.4 Å². The van der Waals surface area contributed by atoms with E-state index in [0.29, 0.717) is 17.4 Å². The van der Waals surface area contributed by atoms with Crippen molar-refractivity contribution in [3.63, 3.8) is 0 Å². The minimum absolute atomic E-state index is 0.0654. The van der Waals surface area contributed by atoms with Crippen LogP contribution in [0.4, 0.5) is 0 Å².